The van der Waals surface area contributed by atoms with Crippen molar-refractivity contribution in [3.05, 3.63) is 76.4 Å². The van der Waals surface area contributed by atoms with E-state index in [2.05, 4.69) is 20.6 Å². The van der Waals surface area contributed by atoms with Crippen LogP contribution in [0.15, 0.2) is 52.9 Å². The molecule has 31 heavy (non-hydrogen) atoms. The van der Waals surface area contributed by atoms with E-state index in [0.29, 0.717) is 46.0 Å². The predicted octanol–water partition coefficient (Wildman–Crippen LogP) is 4.51. The van der Waals surface area contributed by atoms with Crippen molar-refractivity contribution in [2.75, 3.05) is 12.4 Å². The van der Waals surface area contributed by atoms with E-state index in [1.807, 2.05) is 19.1 Å². The van der Waals surface area contributed by atoms with Gasteiger partial charge in [0.25, 0.3) is 5.91 Å². The maximum absolute atomic E-state index is 12.6. The van der Waals surface area contributed by atoms with Crippen molar-refractivity contribution in [3.63, 3.8) is 0 Å². The summed E-state index contributed by atoms with van der Waals surface area (Å²) in [5.74, 6) is 1.54. The molecule has 9 heteroatoms. The summed E-state index contributed by atoms with van der Waals surface area (Å²) in [7, 11) is 1.59. The van der Waals surface area contributed by atoms with Gasteiger partial charge in [0.15, 0.2) is 5.69 Å². The van der Waals surface area contributed by atoms with Crippen molar-refractivity contribution in [2.45, 2.75) is 20.4 Å². The average Bonchev–Trinajstić information content (AvgIpc) is 3.32. The fraction of sp³-hybridized carbons (Fsp3) is 0.182. The number of rotatable bonds is 6. The molecule has 0 unspecified atom stereocenters. The molecule has 1 amide bonds. The lowest BCUT2D eigenvalue weighted by Crippen LogP contribution is -2.14. The standard InChI is InChI=1S/C22H20ClN5O3/c1-13-20(21(29)24-17-8-10-18(30-3)11-9-17)26-27-28(13)12-19-14(2)31-22(25-19)15-4-6-16(23)7-5-15/h4-11H,12H2,1-3H3,(H,24,29). The lowest BCUT2D eigenvalue weighted by Gasteiger charge is -2.05. The molecule has 0 fully saturated rings. The number of anilines is 1. The smallest absolute Gasteiger partial charge is 0.278 e. The van der Waals surface area contributed by atoms with Gasteiger partial charge in [0.05, 0.1) is 19.3 Å². The number of carbonyl (C=O) groups is 1. The maximum atomic E-state index is 12.6. The molecule has 1 N–H and O–H groups in total. The molecule has 0 atom stereocenters. The van der Waals surface area contributed by atoms with Gasteiger partial charge in [-0.1, -0.05) is 16.8 Å². The minimum Gasteiger partial charge on any atom is -0.497 e. The molecule has 2 heterocycles. The SMILES string of the molecule is COc1ccc(NC(=O)c2nnn(Cc3nc(-c4ccc(Cl)cc4)oc3C)c2C)cc1. The van der Waals surface area contributed by atoms with Crippen molar-refractivity contribution in [3.8, 4) is 17.2 Å². The van der Waals surface area contributed by atoms with Gasteiger partial charge in [0.1, 0.15) is 17.2 Å². The first-order valence-electron chi connectivity index (χ1n) is 9.52. The Labute approximate surface area is 183 Å². The van der Waals surface area contributed by atoms with E-state index in [1.54, 1.807) is 55.1 Å². The van der Waals surface area contributed by atoms with Crippen LogP contribution in [-0.2, 0) is 6.54 Å². The average molecular weight is 438 g/mol. The molecule has 0 aliphatic carbocycles. The van der Waals surface area contributed by atoms with Crippen LogP contribution in [0.1, 0.15) is 27.6 Å². The van der Waals surface area contributed by atoms with Gasteiger partial charge in [-0.3, -0.25) is 4.79 Å². The van der Waals surface area contributed by atoms with Crippen LogP contribution < -0.4 is 10.1 Å². The fourth-order valence-electron chi connectivity index (χ4n) is 3.02. The molecule has 0 spiro atoms. The van der Waals surface area contributed by atoms with Gasteiger partial charge in [-0.2, -0.15) is 0 Å². The Balaban J connectivity index is 1.50. The first-order chi connectivity index (χ1) is 14.9. The molecule has 0 radical (unpaired) electrons. The molecule has 0 saturated heterocycles. The topological polar surface area (TPSA) is 95.1 Å². The van der Waals surface area contributed by atoms with E-state index in [4.69, 9.17) is 20.8 Å². The summed E-state index contributed by atoms with van der Waals surface area (Å²) in [6.07, 6.45) is 0. The number of nitrogens with zero attached hydrogens (tertiary/aromatic N) is 4. The highest BCUT2D eigenvalue weighted by atomic mass is 35.5. The zero-order valence-corrected chi connectivity index (χ0v) is 18.0. The summed E-state index contributed by atoms with van der Waals surface area (Å²) >= 11 is 5.95. The van der Waals surface area contributed by atoms with Crippen LogP contribution in [-0.4, -0.2) is 33.0 Å². The number of oxazole rings is 1. The van der Waals surface area contributed by atoms with Gasteiger partial charge in [0.2, 0.25) is 5.89 Å². The lowest BCUT2D eigenvalue weighted by atomic mass is 10.2. The zero-order valence-electron chi connectivity index (χ0n) is 17.2. The van der Waals surface area contributed by atoms with E-state index in [9.17, 15) is 4.79 Å². The van der Waals surface area contributed by atoms with Gasteiger partial charge in [-0.05, 0) is 62.4 Å². The molecule has 2 aromatic heterocycles. The summed E-state index contributed by atoms with van der Waals surface area (Å²) in [5, 5.41) is 11.6. The summed E-state index contributed by atoms with van der Waals surface area (Å²) in [6.45, 7) is 3.96. The number of benzene rings is 2. The third-order valence-electron chi connectivity index (χ3n) is 4.83. The number of nitrogens with one attached hydrogen (secondary N) is 1. The summed E-state index contributed by atoms with van der Waals surface area (Å²) in [6, 6.07) is 14.3. The molecule has 8 nitrogen and oxygen atoms in total. The number of methoxy groups -OCH3 is 1. The molecule has 4 aromatic rings. The van der Waals surface area contributed by atoms with Crippen molar-refractivity contribution in [2.24, 2.45) is 0 Å². The molecule has 0 aliphatic heterocycles. The minimum absolute atomic E-state index is 0.245. The van der Waals surface area contributed by atoms with Crippen LogP contribution in [0, 0.1) is 13.8 Å². The number of amides is 1. The highest BCUT2D eigenvalue weighted by molar-refractivity contribution is 6.30. The van der Waals surface area contributed by atoms with Crippen LogP contribution in [0.2, 0.25) is 5.02 Å². The third-order valence-corrected chi connectivity index (χ3v) is 5.08. The van der Waals surface area contributed by atoms with Crippen molar-refractivity contribution in [1.29, 1.82) is 0 Å². The van der Waals surface area contributed by atoms with Crippen LogP contribution in [0.3, 0.4) is 0 Å². The predicted molar refractivity (Wildman–Crippen MR) is 116 cm³/mol. The fourth-order valence-corrected chi connectivity index (χ4v) is 3.14. The molecule has 0 saturated carbocycles. The number of ether oxygens (including phenoxy) is 1. The molecule has 2 aromatic carbocycles. The largest absolute Gasteiger partial charge is 0.497 e. The molecular weight excluding hydrogens is 418 g/mol. The molecule has 158 valence electrons. The van der Waals surface area contributed by atoms with Crippen molar-refractivity contribution < 1.29 is 13.9 Å². The Morgan fingerprint density at radius 3 is 2.52 bits per heavy atom. The Kier molecular flexibility index (Phi) is 5.73. The number of hydrogen-bond donors (Lipinski definition) is 1. The Bertz CT molecular complexity index is 1210. The minimum atomic E-state index is -0.340. The lowest BCUT2D eigenvalue weighted by molar-refractivity contribution is 0.102. The van der Waals surface area contributed by atoms with E-state index in [1.165, 1.54) is 0 Å². The van der Waals surface area contributed by atoms with Gasteiger partial charge < -0.3 is 14.5 Å². The second kappa shape index (κ2) is 8.61. The van der Waals surface area contributed by atoms with Gasteiger partial charge in [0, 0.05) is 16.3 Å². The van der Waals surface area contributed by atoms with Gasteiger partial charge in [-0.25, -0.2) is 9.67 Å². The second-order valence-electron chi connectivity index (χ2n) is 6.89. The maximum Gasteiger partial charge on any atom is 0.278 e. The van der Waals surface area contributed by atoms with E-state index in [-0.39, 0.29) is 11.6 Å². The highest BCUT2D eigenvalue weighted by Crippen LogP contribution is 2.24. The normalized spacial score (nSPS) is 10.8. The van der Waals surface area contributed by atoms with E-state index in [0.717, 1.165) is 5.56 Å². The van der Waals surface area contributed by atoms with E-state index < -0.39 is 0 Å². The van der Waals surface area contributed by atoms with Crippen LogP contribution in [0.5, 0.6) is 5.75 Å². The molecule has 4 rings (SSSR count). The van der Waals surface area contributed by atoms with E-state index >= 15 is 0 Å². The first kappa shape index (κ1) is 20.6. The van der Waals surface area contributed by atoms with Crippen LogP contribution in [0.25, 0.3) is 11.5 Å². The molecule has 0 bridgehead atoms. The van der Waals surface area contributed by atoms with Crippen molar-refractivity contribution >= 4 is 23.2 Å². The quantitative estimate of drug-likeness (QED) is 0.476. The van der Waals surface area contributed by atoms with Gasteiger partial charge >= 0.3 is 0 Å². The molecular formula is C22H20ClN5O3. The second-order valence-corrected chi connectivity index (χ2v) is 7.33. The third kappa shape index (κ3) is 4.44. The Morgan fingerprint density at radius 1 is 1.13 bits per heavy atom. The first-order valence-corrected chi connectivity index (χ1v) is 9.90. The molecule has 0 aliphatic rings. The number of hydrogen-bond acceptors (Lipinski definition) is 6. The Hall–Kier alpha value is -3.65. The zero-order chi connectivity index (χ0) is 22.0. The van der Waals surface area contributed by atoms with Crippen LogP contribution in [0.4, 0.5) is 5.69 Å². The number of aromatic nitrogens is 4. The summed E-state index contributed by atoms with van der Waals surface area (Å²) in [4.78, 5) is 17.2. The highest BCUT2D eigenvalue weighted by Gasteiger charge is 2.19. The van der Waals surface area contributed by atoms with Crippen molar-refractivity contribution in [1.82, 2.24) is 20.0 Å². The number of aryl methyl sites for hydroxylation is 1. The number of carbonyl (C=O) groups excluding carboxylic acids is 1. The summed E-state index contributed by atoms with van der Waals surface area (Å²) < 4.78 is 12.5. The Morgan fingerprint density at radius 2 is 1.84 bits per heavy atom. The monoisotopic (exact) mass is 437 g/mol. The number of halogens is 1. The van der Waals surface area contributed by atoms with Gasteiger partial charge in [-0.15, -0.1) is 5.10 Å². The summed E-state index contributed by atoms with van der Waals surface area (Å²) in [5.41, 5.74) is 3.05. The van der Waals surface area contributed by atoms with Crippen LogP contribution >= 0.6 is 11.6 Å².